The Morgan fingerprint density at radius 3 is 2.67 bits per heavy atom. The van der Waals surface area contributed by atoms with Crippen molar-refractivity contribution in [3.05, 3.63) is 64.2 Å². The van der Waals surface area contributed by atoms with Gasteiger partial charge in [-0.05, 0) is 19.1 Å². The van der Waals surface area contributed by atoms with Crippen LogP contribution >= 0.6 is 0 Å². The minimum atomic E-state index is -0.482. The van der Waals surface area contributed by atoms with Crippen molar-refractivity contribution in [3.63, 3.8) is 0 Å². The van der Waals surface area contributed by atoms with Crippen molar-refractivity contribution in [3.8, 4) is 0 Å². The maximum Gasteiger partial charge on any atom is 0.273 e. The predicted octanol–water partition coefficient (Wildman–Crippen LogP) is 3.15. The number of nitrogens with one attached hydrogen (secondary N) is 1. The Labute approximate surface area is 138 Å². The van der Waals surface area contributed by atoms with Crippen LogP contribution in [-0.2, 0) is 17.8 Å². The molecule has 0 aliphatic carbocycles. The smallest absolute Gasteiger partial charge is 0.273 e. The zero-order chi connectivity index (χ0) is 17.1. The molecule has 1 amide bonds. The molecule has 0 fully saturated rings. The van der Waals surface area contributed by atoms with E-state index in [1.165, 1.54) is 6.07 Å². The highest BCUT2D eigenvalue weighted by molar-refractivity contribution is 5.93. The molecule has 0 bridgehead atoms. The van der Waals surface area contributed by atoms with Crippen molar-refractivity contribution in [2.75, 3.05) is 5.32 Å². The molecular weight excluding hydrogens is 308 g/mol. The predicted molar refractivity (Wildman–Crippen MR) is 90.8 cm³/mol. The van der Waals surface area contributed by atoms with E-state index in [1.807, 2.05) is 35.8 Å². The second-order valence-electron chi connectivity index (χ2n) is 5.28. The molecule has 1 aromatic heterocycles. The number of aryl methyl sites for hydroxylation is 1. The summed E-state index contributed by atoms with van der Waals surface area (Å²) in [5.41, 5.74) is 2.04. The molecule has 0 unspecified atom stereocenters. The number of nitro benzene ring substituents is 1. The van der Waals surface area contributed by atoms with Crippen LogP contribution in [0.25, 0.3) is 11.0 Å². The van der Waals surface area contributed by atoms with Gasteiger partial charge in [0.25, 0.3) is 5.69 Å². The van der Waals surface area contributed by atoms with Crippen LogP contribution < -0.4 is 5.32 Å². The number of fused-ring (bicyclic) bond motifs is 1. The average Bonchev–Trinajstić information content (AvgIpc) is 2.91. The molecule has 7 nitrogen and oxygen atoms in total. The van der Waals surface area contributed by atoms with Crippen LogP contribution in [0.2, 0.25) is 0 Å². The number of anilines is 1. The minimum absolute atomic E-state index is 0.0587. The Morgan fingerprint density at radius 2 is 1.92 bits per heavy atom. The van der Waals surface area contributed by atoms with Gasteiger partial charge in [0.2, 0.25) is 11.9 Å². The van der Waals surface area contributed by atoms with Gasteiger partial charge in [0.05, 0.1) is 22.4 Å². The van der Waals surface area contributed by atoms with Gasteiger partial charge < -0.3 is 4.57 Å². The van der Waals surface area contributed by atoms with Crippen LogP contribution in [0, 0.1) is 10.1 Å². The number of imidazole rings is 1. The summed E-state index contributed by atoms with van der Waals surface area (Å²) in [4.78, 5) is 27.3. The minimum Gasteiger partial charge on any atom is -0.310 e. The maximum atomic E-state index is 12.3. The van der Waals surface area contributed by atoms with E-state index in [1.54, 1.807) is 18.2 Å². The van der Waals surface area contributed by atoms with Crippen LogP contribution in [0.3, 0.4) is 0 Å². The fraction of sp³-hybridized carbons (Fsp3) is 0.176. The van der Waals surface area contributed by atoms with Crippen LogP contribution in [0.15, 0.2) is 48.5 Å². The zero-order valence-corrected chi connectivity index (χ0v) is 13.1. The number of para-hydroxylation sites is 3. The first-order chi connectivity index (χ1) is 11.6. The standard InChI is InChI=1S/C17H16N4O3/c1-2-20-15-10-6-4-8-13(15)18-17(20)19-16(22)11-12-7-3-5-9-14(12)21(23)24/h3-10H,2,11H2,1H3,(H,18,19,22). The molecule has 24 heavy (non-hydrogen) atoms. The lowest BCUT2D eigenvalue weighted by Gasteiger charge is -2.08. The number of nitro groups is 1. The van der Waals surface area contributed by atoms with E-state index in [0.29, 0.717) is 18.1 Å². The van der Waals surface area contributed by atoms with Gasteiger partial charge in [0, 0.05) is 18.2 Å². The first-order valence-corrected chi connectivity index (χ1v) is 7.57. The molecule has 1 N–H and O–H groups in total. The van der Waals surface area contributed by atoms with E-state index < -0.39 is 4.92 Å². The summed E-state index contributed by atoms with van der Waals surface area (Å²) in [6.07, 6.45) is -0.0793. The number of hydrogen-bond acceptors (Lipinski definition) is 4. The molecule has 0 saturated heterocycles. The molecule has 0 saturated carbocycles. The largest absolute Gasteiger partial charge is 0.310 e. The lowest BCUT2D eigenvalue weighted by atomic mass is 10.1. The Morgan fingerprint density at radius 1 is 1.21 bits per heavy atom. The summed E-state index contributed by atoms with van der Waals surface area (Å²) in [5.74, 6) is 0.108. The Hall–Kier alpha value is -3.22. The second-order valence-corrected chi connectivity index (χ2v) is 5.28. The summed E-state index contributed by atoms with van der Waals surface area (Å²) >= 11 is 0. The fourth-order valence-electron chi connectivity index (χ4n) is 2.67. The van der Waals surface area contributed by atoms with Gasteiger partial charge in [-0.3, -0.25) is 20.2 Å². The molecular formula is C17H16N4O3. The van der Waals surface area contributed by atoms with Crippen LogP contribution in [0.1, 0.15) is 12.5 Å². The topological polar surface area (TPSA) is 90.1 Å². The quantitative estimate of drug-likeness (QED) is 0.576. The molecule has 3 aromatic rings. The Balaban J connectivity index is 1.85. The van der Waals surface area contributed by atoms with Gasteiger partial charge >= 0.3 is 0 Å². The van der Waals surface area contributed by atoms with Crippen molar-refractivity contribution >= 4 is 28.6 Å². The van der Waals surface area contributed by atoms with Gasteiger partial charge in [-0.2, -0.15) is 0 Å². The van der Waals surface area contributed by atoms with Crippen molar-refractivity contribution in [2.24, 2.45) is 0 Å². The third-order valence-electron chi connectivity index (χ3n) is 3.76. The molecule has 0 aliphatic rings. The summed E-state index contributed by atoms with van der Waals surface area (Å²) in [6.45, 7) is 2.62. The number of benzene rings is 2. The molecule has 7 heteroatoms. The van der Waals surface area contributed by atoms with Crippen molar-refractivity contribution < 1.29 is 9.72 Å². The number of aromatic nitrogens is 2. The first kappa shape index (κ1) is 15.7. The van der Waals surface area contributed by atoms with Crippen molar-refractivity contribution in [1.82, 2.24) is 9.55 Å². The number of rotatable bonds is 5. The number of nitrogens with zero attached hydrogens (tertiary/aromatic N) is 3. The van der Waals surface area contributed by atoms with Crippen LogP contribution in [0.5, 0.6) is 0 Å². The van der Waals surface area contributed by atoms with Crippen LogP contribution in [0.4, 0.5) is 11.6 Å². The molecule has 0 aliphatic heterocycles. The molecule has 3 rings (SSSR count). The maximum absolute atomic E-state index is 12.3. The lowest BCUT2D eigenvalue weighted by Crippen LogP contribution is -2.18. The van der Waals surface area contributed by atoms with E-state index in [4.69, 9.17) is 0 Å². The molecule has 0 radical (unpaired) electrons. The van der Waals surface area contributed by atoms with Crippen LogP contribution in [-0.4, -0.2) is 20.4 Å². The van der Waals surface area contributed by atoms with E-state index >= 15 is 0 Å². The summed E-state index contributed by atoms with van der Waals surface area (Å²) in [6, 6.07) is 13.8. The normalized spacial score (nSPS) is 10.7. The zero-order valence-electron chi connectivity index (χ0n) is 13.1. The monoisotopic (exact) mass is 324 g/mol. The molecule has 122 valence electrons. The summed E-state index contributed by atoms with van der Waals surface area (Å²) < 4.78 is 1.90. The highest BCUT2D eigenvalue weighted by atomic mass is 16.6. The van der Waals surface area contributed by atoms with Gasteiger partial charge in [-0.25, -0.2) is 4.98 Å². The fourth-order valence-corrected chi connectivity index (χ4v) is 2.67. The molecule has 1 heterocycles. The Kier molecular flexibility index (Phi) is 4.24. The Bertz CT molecular complexity index is 917. The molecule has 0 spiro atoms. The van der Waals surface area contributed by atoms with E-state index in [-0.39, 0.29) is 18.0 Å². The van der Waals surface area contributed by atoms with Gasteiger partial charge in [-0.1, -0.05) is 30.3 Å². The highest BCUT2D eigenvalue weighted by Gasteiger charge is 2.17. The van der Waals surface area contributed by atoms with Gasteiger partial charge in [0.15, 0.2) is 0 Å². The lowest BCUT2D eigenvalue weighted by molar-refractivity contribution is -0.385. The second kappa shape index (κ2) is 6.49. The summed E-state index contributed by atoms with van der Waals surface area (Å²) in [7, 11) is 0. The molecule has 0 atom stereocenters. The number of hydrogen-bond donors (Lipinski definition) is 1. The third kappa shape index (κ3) is 2.96. The first-order valence-electron chi connectivity index (χ1n) is 7.57. The molecule has 2 aromatic carbocycles. The number of carbonyl (C=O) groups is 1. The van der Waals surface area contributed by atoms with Gasteiger partial charge in [-0.15, -0.1) is 0 Å². The number of amides is 1. The van der Waals surface area contributed by atoms with Gasteiger partial charge in [0.1, 0.15) is 0 Å². The van der Waals surface area contributed by atoms with E-state index in [9.17, 15) is 14.9 Å². The average molecular weight is 324 g/mol. The third-order valence-corrected chi connectivity index (χ3v) is 3.76. The SMILES string of the molecule is CCn1c(NC(=O)Cc2ccccc2[N+](=O)[O-])nc2ccccc21. The van der Waals surface area contributed by atoms with E-state index in [0.717, 1.165) is 11.0 Å². The van der Waals surface area contributed by atoms with E-state index in [2.05, 4.69) is 10.3 Å². The summed E-state index contributed by atoms with van der Waals surface area (Å²) in [5, 5.41) is 13.8. The highest BCUT2D eigenvalue weighted by Crippen LogP contribution is 2.21. The van der Waals surface area contributed by atoms with Crippen molar-refractivity contribution in [2.45, 2.75) is 19.9 Å². The number of carbonyl (C=O) groups excluding carboxylic acids is 1. The van der Waals surface area contributed by atoms with Crippen molar-refractivity contribution in [1.29, 1.82) is 0 Å².